The molecule has 2 heterocycles. The standard InChI is InChI=1S/C18H21NO3/c1-20-14-3-4-16-12(7-14)8-15(22-16)10-19-18-9-13(18)11-21-17(18)5-2-6-17/h3-4,7-8,13,19H,2,5-6,9-11H2,1H3/t13-,18+/m0/s1. The predicted octanol–water partition coefficient (Wildman–Crippen LogP) is 3.24. The summed E-state index contributed by atoms with van der Waals surface area (Å²) in [6.07, 6.45) is 5.00. The third-order valence-corrected chi connectivity index (χ3v) is 5.99. The molecule has 22 heavy (non-hydrogen) atoms. The van der Waals surface area contributed by atoms with Crippen molar-refractivity contribution in [2.24, 2.45) is 5.92 Å². The second kappa shape index (κ2) is 4.27. The molecule has 5 rings (SSSR count). The molecule has 1 spiro atoms. The quantitative estimate of drug-likeness (QED) is 0.941. The lowest BCUT2D eigenvalue weighted by Crippen LogP contribution is -2.56. The van der Waals surface area contributed by atoms with Crippen LogP contribution in [0.3, 0.4) is 0 Å². The number of rotatable bonds is 4. The van der Waals surface area contributed by atoms with E-state index in [0.29, 0.717) is 5.92 Å². The maximum atomic E-state index is 6.11. The van der Waals surface area contributed by atoms with E-state index in [9.17, 15) is 0 Å². The third-order valence-electron chi connectivity index (χ3n) is 5.99. The summed E-state index contributed by atoms with van der Waals surface area (Å²) in [6, 6.07) is 8.05. The molecule has 0 amide bonds. The Morgan fingerprint density at radius 1 is 1.32 bits per heavy atom. The molecule has 1 aliphatic heterocycles. The lowest BCUT2D eigenvalue weighted by molar-refractivity contribution is -0.0963. The van der Waals surface area contributed by atoms with E-state index in [-0.39, 0.29) is 11.1 Å². The van der Waals surface area contributed by atoms with Gasteiger partial charge in [-0.1, -0.05) is 0 Å². The van der Waals surface area contributed by atoms with Crippen LogP contribution in [-0.2, 0) is 11.3 Å². The molecule has 2 aromatic rings. The van der Waals surface area contributed by atoms with Crippen molar-refractivity contribution in [2.75, 3.05) is 13.7 Å². The molecule has 2 saturated carbocycles. The van der Waals surface area contributed by atoms with Crippen LogP contribution in [0.1, 0.15) is 31.4 Å². The maximum Gasteiger partial charge on any atom is 0.134 e. The van der Waals surface area contributed by atoms with Crippen LogP contribution in [0.15, 0.2) is 28.7 Å². The fourth-order valence-electron chi connectivity index (χ4n) is 4.48. The number of nitrogens with one attached hydrogen (secondary N) is 1. The van der Waals surface area contributed by atoms with Crippen molar-refractivity contribution < 1.29 is 13.9 Å². The van der Waals surface area contributed by atoms with E-state index < -0.39 is 0 Å². The molecular formula is C18H21NO3. The van der Waals surface area contributed by atoms with Gasteiger partial charge in [0.25, 0.3) is 0 Å². The van der Waals surface area contributed by atoms with Gasteiger partial charge in [0.2, 0.25) is 0 Å². The van der Waals surface area contributed by atoms with Crippen LogP contribution in [0.25, 0.3) is 11.0 Å². The smallest absolute Gasteiger partial charge is 0.134 e. The van der Waals surface area contributed by atoms with Crippen molar-refractivity contribution in [3.05, 3.63) is 30.0 Å². The number of methoxy groups -OCH3 is 1. The fourth-order valence-corrected chi connectivity index (χ4v) is 4.48. The van der Waals surface area contributed by atoms with E-state index in [1.165, 1.54) is 25.7 Å². The van der Waals surface area contributed by atoms with Gasteiger partial charge in [0.05, 0.1) is 31.4 Å². The molecule has 1 saturated heterocycles. The van der Waals surface area contributed by atoms with E-state index in [1.807, 2.05) is 18.2 Å². The highest BCUT2D eigenvalue weighted by molar-refractivity contribution is 5.79. The van der Waals surface area contributed by atoms with Crippen molar-refractivity contribution in [3.63, 3.8) is 0 Å². The van der Waals surface area contributed by atoms with Gasteiger partial charge in [0.1, 0.15) is 17.1 Å². The monoisotopic (exact) mass is 299 g/mol. The van der Waals surface area contributed by atoms with Crippen LogP contribution in [0, 0.1) is 5.92 Å². The van der Waals surface area contributed by atoms with E-state index in [0.717, 1.165) is 35.6 Å². The number of ether oxygens (including phenoxy) is 2. The van der Waals surface area contributed by atoms with Crippen LogP contribution in [0.4, 0.5) is 0 Å². The first-order chi connectivity index (χ1) is 10.7. The van der Waals surface area contributed by atoms with Crippen LogP contribution in [0.2, 0.25) is 0 Å². The summed E-state index contributed by atoms with van der Waals surface area (Å²) in [6.45, 7) is 1.71. The highest BCUT2D eigenvalue weighted by Gasteiger charge is 2.73. The largest absolute Gasteiger partial charge is 0.497 e. The molecular weight excluding hydrogens is 278 g/mol. The van der Waals surface area contributed by atoms with Crippen LogP contribution in [-0.4, -0.2) is 24.9 Å². The molecule has 0 unspecified atom stereocenters. The number of fused-ring (bicyclic) bond motifs is 3. The maximum absolute atomic E-state index is 6.11. The van der Waals surface area contributed by atoms with Gasteiger partial charge in [-0.2, -0.15) is 0 Å². The first kappa shape index (κ1) is 13.0. The Hall–Kier alpha value is -1.52. The fraction of sp³-hybridized carbons (Fsp3) is 0.556. The van der Waals surface area contributed by atoms with E-state index in [1.54, 1.807) is 7.11 Å². The Morgan fingerprint density at radius 2 is 2.23 bits per heavy atom. The Bertz CT molecular complexity index is 733. The average molecular weight is 299 g/mol. The molecule has 4 nitrogen and oxygen atoms in total. The molecule has 3 fully saturated rings. The van der Waals surface area contributed by atoms with Gasteiger partial charge in [-0.25, -0.2) is 0 Å². The molecule has 1 N–H and O–H groups in total. The van der Waals surface area contributed by atoms with E-state index in [2.05, 4.69) is 11.4 Å². The molecule has 1 aromatic carbocycles. The Kier molecular flexibility index (Phi) is 2.52. The number of hydrogen-bond donors (Lipinski definition) is 1. The van der Waals surface area contributed by atoms with E-state index in [4.69, 9.17) is 13.9 Å². The summed E-state index contributed by atoms with van der Waals surface area (Å²) in [5.74, 6) is 2.56. The van der Waals surface area contributed by atoms with Gasteiger partial charge in [-0.15, -0.1) is 0 Å². The summed E-state index contributed by atoms with van der Waals surface area (Å²) in [5.41, 5.74) is 1.28. The average Bonchev–Trinajstić information content (AvgIpc) is 2.92. The Labute approximate surface area is 129 Å². The summed E-state index contributed by atoms with van der Waals surface area (Å²) in [7, 11) is 1.69. The lowest BCUT2D eigenvalue weighted by atomic mass is 9.73. The molecule has 0 bridgehead atoms. The minimum Gasteiger partial charge on any atom is -0.497 e. The summed E-state index contributed by atoms with van der Waals surface area (Å²) >= 11 is 0. The van der Waals surface area contributed by atoms with Crippen molar-refractivity contribution >= 4 is 11.0 Å². The molecule has 4 heteroatoms. The first-order valence-electron chi connectivity index (χ1n) is 8.20. The third kappa shape index (κ3) is 1.60. The zero-order chi connectivity index (χ0) is 14.8. The zero-order valence-corrected chi connectivity index (χ0v) is 12.9. The predicted molar refractivity (Wildman–Crippen MR) is 83.0 cm³/mol. The number of furan rings is 1. The minimum absolute atomic E-state index is 0.132. The van der Waals surface area contributed by atoms with Crippen LogP contribution in [0.5, 0.6) is 5.75 Å². The molecule has 2 aliphatic carbocycles. The molecule has 116 valence electrons. The SMILES string of the molecule is COc1ccc2oc(CN[C@]34C[C@H]3COC43CCC3)cc2c1. The summed E-state index contributed by atoms with van der Waals surface area (Å²) in [4.78, 5) is 0. The second-order valence-corrected chi connectivity index (χ2v) is 7.00. The van der Waals surface area contributed by atoms with Crippen molar-refractivity contribution in [3.8, 4) is 5.75 Å². The zero-order valence-electron chi connectivity index (χ0n) is 12.9. The van der Waals surface area contributed by atoms with Gasteiger partial charge >= 0.3 is 0 Å². The van der Waals surface area contributed by atoms with Gasteiger partial charge in [-0.05, 0) is 49.9 Å². The normalized spacial score (nSPS) is 31.2. The number of benzene rings is 1. The Balaban J connectivity index is 1.36. The molecule has 0 radical (unpaired) electrons. The molecule has 1 aromatic heterocycles. The highest BCUT2D eigenvalue weighted by Crippen LogP contribution is 2.64. The first-order valence-corrected chi connectivity index (χ1v) is 8.20. The molecule has 3 aliphatic rings. The topological polar surface area (TPSA) is 43.6 Å². The van der Waals surface area contributed by atoms with E-state index >= 15 is 0 Å². The van der Waals surface area contributed by atoms with Gasteiger partial charge < -0.3 is 19.2 Å². The number of hydrogen-bond acceptors (Lipinski definition) is 4. The van der Waals surface area contributed by atoms with Gasteiger partial charge in [0, 0.05) is 11.3 Å². The lowest BCUT2D eigenvalue weighted by Gasteiger charge is -2.45. The highest BCUT2D eigenvalue weighted by atomic mass is 16.5. The van der Waals surface area contributed by atoms with Crippen LogP contribution < -0.4 is 10.1 Å². The van der Waals surface area contributed by atoms with Crippen molar-refractivity contribution in [1.29, 1.82) is 0 Å². The summed E-state index contributed by atoms with van der Waals surface area (Å²) < 4.78 is 17.3. The molecule has 2 atom stereocenters. The van der Waals surface area contributed by atoms with Gasteiger partial charge in [0.15, 0.2) is 0 Å². The summed E-state index contributed by atoms with van der Waals surface area (Å²) in [5, 5.41) is 4.88. The Morgan fingerprint density at radius 3 is 2.95 bits per heavy atom. The van der Waals surface area contributed by atoms with Gasteiger partial charge in [-0.3, -0.25) is 0 Å². The van der Waals surface area contributed by atoms with Crippen molar-refractivity contribution in [1.82, 2.24) is 5.32 Å². The minimum atomic E-state index is 0.132. The van der Waals surface area contributed by atoms with Crippen LogP contribution >= 0.6 is 0 Å². The second-order valence-electron chi connectivity index (χ2n) is 7.00. The van der Waals surface area contributed by atoms with Crippen molar-refractivity contribution in [2.45, 2.75) is 43.4 Å².